The SMILES string of the molecule is C#CCCCC(=O)NCCCOCCOCCOCCCNC(=O)CCC(=O)NCCOCCOCCOS(=O)(=O)c1cccc(C(=O)NCCCNC(=O)CCC(=O)Nc2cccc(B(O)O)c2)c1. The number of anilines is 1. The van der Waals surface area contributed by atoms with Crippen LogP contribution in [0, 0.1) is 12.3 Å². The summed E-state index contributed by atoms with van der Waals surface area (Å²) in [7, 11) is -5.88. The average molecular weight is 1000 g/mol. The maximum absolute atomic E-state index is 12.7. The Bertz CT molecular complexity index is 2020. The van der Waals surface area contributed by atoms with Crippen LogP contribution >= 0.6 is 0 Å². The lowest BCUT2D eigenvalue weighted by atomic mass is 9.80. The number of ether oxygens (including phenoxy) is 5. The second-order valence-electron chi connectivity index (χ2n) is 15.2. The molecule has 24 heteroatoms. The predicted molar refractivity (Wildman–Crippen MR) is 258 cm³/mol. The molecular formula is C46H69BN6O16S. The molecule has 22 nitrogen and oxygen atoms in total. The number of nitrogens with one attached hydrogen (secondary N) is 6. The molecule has 0 saturated carbocycles. The molecule has 8 N–H and O–H groups in total. The number of benzene rings is 2. The summed E-state index contributed by atoms with van der Waals surface area (Å²) in [6.07, 6.45) is 8.44. The van der Waals surface area contributed by atoms with Gasteiger partial charge in [-0.1, -0.05) is 18.2 Å². The fraction of sp³-hybridized carbons (Fsp3) is 0.565. The number of carbonyl (C=O) groups excluding carboxylic acids is 6. The van der Waals surface area contributed by atoms with Gasteiger partial charge in [0.05, 0.1) is 64.4 Å². The summed E-state index contributed by atoms with van der Waals surface area (Å²) in [6.45, 7) is 4.42. The highest BCUT2D eigenvalue weighted by atomic mass is 32.2. The van der Waals surface area contributed by atoms with Gasteiger partial charge in [0.25, 0.3) is 16.0 Å². The van der Waals surface area contributed by atoms with E-state index < -0.39 is 29.1 Å². The number of carbonyl (C=O) groups is 6. The van der Waals surface area contributed by atoms with Crippen LogP contribution in [0.1, 0.15) is 74.6 Å². The molecule has 0 spiro atoms. The van der Waals surface area contributed by atoms with E-state index in [-0.39, 0.29) is 118 Å². The van der Waals surface area contributed by atoms with Gasteiger partial charge in [-0.05, 0) is 61.5 Å². The first-order chi connectivity index (χ1) is 33.8. The van der Waals surface area contributed by atoms with Crippen LogP contribution in [0.3, 0.4) is 0 Å². The maximum atomic E-state index is 12.7. The van der Waals surface area contributed by atoms with Gasteiger partial charge < -0.3 is 65.6 Å². The van der Waals surface area contributed by atoms with E-state index in [1.165, 1.54) is 36.4 Å². The Balaban J connectivity index is 1.40. The van der Waals surface area contributed by atoms with E-state index >= 15 is 0 Å². The molecule has 0 aliphatic rings. The van der Waals surface area contributed by atoms with Gasteiger partial charge in [-0.15, -0.1) is 12.3 Å². The minimum atomic E-state index is -4.20. The molecule has 388 valence electrons. The molecule has 0 atom stereocenters. The van der Waals surface area contributed by atoms with Gasteiger partial charge in [0.1, 0.15) is 0 Å². The summed E-state index contributed by atoms with van der Waals surface area (Å²) in [4.78, 5) is 72.5. The lowest BCUT2D eigenvalue weighted by Gasteiger charge is -2.10. The normalized spacial score (nSPS) is 11.0. The molecule has 0 aromatic heterocycles. The van der Waals surface area contributed by atoms with Crippen molar-refractivity contribution in [2.45, 2.75) is 69.1 Å². The minimum Gasteiger partial charge on any atom is -0.423 e. The number of terminal acetylenes is 1. The number of unbranched alkanes of at least 4 members (excludes halogenated alkanes) is 1. The molecule has 0 saturated heterocycles. The van der Waals surface area contributed by atoms with Crippen LogP contribution in [0.4, 0.5) is 5.69 Å². The highest BCUT2D eigenvalue weighted by Crippen LogP contribution is 2.15. The van der Waals surface area contributed by atoms with E-state index in [2.05, 4.69) is 37.8 Å². The number of rotatable bonds is 41. The summed E-state index contributed by atoms with van der Waals surface area (Å²) in [6, 6.07) is 11.3. The maximum Gasteiger partial charge on any atom is 0.488 e. The molecule has 2 aromatic carbocycles. The Kier molecular flexibility index (Phi) is 33.2. The minimum absolute atomic E-state index is 0.00602. The second-order valence-corrected chi connectivity index (χ2v) is 16.8. The topological polar surface area (TPSA) is 305 Å². The van der Waals surface area contributed by atoms with E-state index in [1.54, 1.807) is 12.1 Å². The van der Waals surface area contributed by atoms with E-state index in [0.29, 0.717) is 96.9 Å². The highest BCUT2D eigenvalue weighted by Gasteiger charge is 2.18. The molecule has 2 aromatic rings. The van der Waals surface area contributed by atoms with Crippen molar-refractivity contribution in [2.24, 2.45) is 0 Å². The third-order valence-electron chi connectivity index (χ3n) is 9.42. The third-order valence-corrected chi connectivity index (χ3v) is 10.7. The van der Waals surface area contributed by atoms with Crippen LogP contribution in [0.25, 0.3) is 0 Å². The van der Waals surface area contributed by atoms with Gasteiger partial charge >= 0.3 is 7.12 Å². The first-order valence-electron chi connectivity index (χ1n) is 23.2. The van der Waals surface area contributed by atoms with Crippen LogP contribution in [0.5, 0.6) is 0 Å². The highest BCUT2D eigenvalue weighted by molar-refractivity contribution is 7.86. The summed E-state index contributed by atoms with van der Waals surface area (Å²) in [5.41, 5.74) is 0.656. The molecule has 0 heterocycles. The molecule has 6 amide bonds. The predicted octanol–water partition coefficient (Wildman–Crippen LogP) is -0.478. The van der Waals surface area contributed by atoms with Crippen LogP contribution in [-0.2, 0) is 62.0 Å². The first-order valence-corrected chi connectivity index (χ1v) is 24.6. The summed E-state index contributed by atoms with van der Waals surface area (Å²) in [5.74, 6) is 0.629. The molecule has 0 bridgehead atoms. The van der Waals surface area contributed by atoms with Crippen molar-refractivity contribution in [3.63, 3.8) is 0 Å². The zero-order valence-corrected chi connectivity index (χ0v) is 40.5. The Morgan fingerprint density at radius 3 is 1.60 bits per heavy atom. The van der Waals surface area contributed by atoms with Gasteiger partial charge in [-0.2, -0.15) is 8.42 Å². The fourth-order valence-electron chi connectivity index (χ4n) is 5.77. The lowest BCUT2D eigenvalue weighted by molar-refractivity contribution is -0.126. The fourth-order valence-corrected chi connectivity index (χ4v) is 6.71. The lowest BCUT2D eigenvalue weighted by Crippen LogP contribution is -2.31. The molecule has 2 rings (SSSR count). The zero-order valence-electron chi connectivity index (χ0n) is 39.7. The third kappa shape index (κ3) is 30.9. The Labute approximate surface area is 410 Å². The number of hydrogen-bond donors (Lipinski definition) is 8. The van der Waals surface area contributed by atoms with Gasteiger partial charge in [-0.3, -0.25) is 33.0 Å². The molecule has 0 radical (unpaired) electrons. The average Bonchev–Trinajstić information content (AvgIpc) is 3.34. The Hall–Kier alpha value is -5.49. The van der Waals surface area contributed by atoms with Crippen molar-refractivity contribution in [3.8, 4) is 12.3 Å². The van der Waals surface area contributed by atoms with Gasteiger partial charge in [0, 0.05) is 95.7 Å². The number of hydrogen-bond acceptors (Lipinski definition) is 16. The largest absolute Gasteiger partial charge is 0.488 e. The van der Waals surface area contributed by atoms with Crippen molar-refractivity contribution < 1.29 is 75.1 Å². The molecule has 0 aliphatic carbocycles. The van der Waals surface area contributed by atoms with Crippen LogP contribution in [0.15, 0.2) is 53.4 Å². The van der Waals surface area contributed by atoms with Crippen molar-refractivity contribution in [1.82, 2.24) is 26.6 Å². The van der Waals surface area contributed by atoms with Crippen LogP contribution in [0.2, 0.25) is 0 Å². The van der Waals surface area contributed by atoms with Crippen LogP contribution < -0.4 is 37.4 Å². The summed E-state index contributed by atoms with van der Waals surface area (Å²) in [5, 5.41) is 34.7. The van der Waals surface area contributed by atoms with Gasteiger partial charge in [0.2, 0.25) is 29.5 Å². The first kappa shape index (κ1) is 60.6. The molecular weight excluding hydrogens is 935 g/mol. The number of amides is 6. The van der Waals surface area contributed by atoms with E-state index in [1.807, 2.05) is 0 Å². The van der Waals surface area contributed by atoms with Gasteiger partial charge in [-0.25, -0.2) is 0 Å². The summed E-state index contributed by atoms with van der Waals surface area (Å²) < 4.78 is 57.7. The second kappa shape index (κ2) is 38.3. The monoisotopic (exact) mass is 1000 g/mol. The summed E-state index contributed by atoms with van der Waals surface area (Å²) >= 11 is 0. The molecule has 0 aliphatic heterocycles. The van der Waals surface area contributed by atoms with Crippen molar-refractivity contribution in [3.05, 3.63) is 54.1 Å². The zero-order chi connectivity index (χ0) is 51.1. The van der Waals surface area contributed by atoms with Crippen LogP contribution in [-0.4, -0.2) is 166 Å². The van der Waals surface area contributed by atoms with E-state index in [4.69, 9.17) is 34.3 Å². The Morgan fingerprint density at radius 1 is 0.529 bits per heavy atom. The quantitative estimate of drug-likeness (QED) is 0.0181. The standard InChI is InChI=1S/C46H69BN6O16S/c1-2-3-4-14-41(54)49-21-8-24-64-27-30-67-31-28-65-25-9-22-50-42(55)15-16-44(57)51-23-26-66-29-32-68-33-34-69-70(62,63)40-13-5-10-37(35-40)46(59)52-20-7-19-48-43(56)17-18-45(58)53-39-12-6-11-38(36-39)47(60)61/h1,5-6,10-13,35-36,60-61H,3-4,7-9,14-34H2,(H,48,56)(H,49,54)(H,50,55)(H,51,57)(H,52,59)(H,53,58). The Morgan fingerprint density at radius 2 is 1.01 bits per heavy atom. The van der Waals surface area contributed by atoms with E-state index in [0.717, 1.165) is 0 Å². The molecule has 0 unspecified atom stereocenters. The van der Waals surface area contributed by atoms with Gasteiger partial charge in [0.15, 0.2) is 0 Å². The van der Waals surface area contributed by atoms with E-state index in [9.17, 15) is 47.2 Å². The van der Waals surface area contributed by atoms with Crippen molar-refractivity contribution >= 4 is 63.8 Å². The molecule has 70 heavy (non-hydrogen) atoms. The van der Waals surface area contributed by atoms with Crippen molar-refractivity contribution in [1.29, 1.82) is 0 Å². The van der Waals surface area contributed by atoms with Crippen molar-refractivity contribution in [2.75, 3.05) is 111 Å². The smallest absolute Gasteiger partial charge is 0.423 e. The molecule has 0 fully saturated rings.